The standard InChI is InChI=1S/C16H18FNO/c1-3-18(14-7-5-4-6-8-14)12(2)15-11-13(17)9-10-16(15)19/h4-12,19H,3H2,1-2H3. The van der Waals surface area contributed by atoms with Crippen LogP contribution in [0, 0.1) is 5.82 Å². The van der Waals surface area contributed by atoms with Crippen molar-refractivity contribution in [3.05, 3.63) is 59.9 Å². The summed E-state index contributed by atoms with van der Waals surface area (Å²) in [6.07, 6.45) is 0. The highest BCUT2D eigenvalue weighted by molar-refractivity contribution is 5.50. The molecule has 0 heterocycles. The van der Waals surface area contributed by atoms with E-state index < -0.39 is 0 Å². The molecule has 0 aliphatic heterocycles. The normalized spacial score (nSPS) is 12.2. The third-order valence-electron chi connectivity index (χ3n) is 3.34. The van der Waals surface area contributed by atoms with E-state index in [1.807, 2.05) is 44.2 Å². The van der Waals surface area contributed by atoms with Gasteiger partial charge in [0.2, 0.25) is 0 Å². The Morgan fingerprint density at radius 2 is 1.84 bits per heavy atom. The molecule has 0 saturated carbocycles. The predicted molar refractivity (Wildman–Crippen MR) is 75.9 cm³/mol. The monoisotopic (exact) mass is 259 g/mol. The van der Waals surface area contributed by atoms with E-state index in [1.165, 1.54) is 18.2 Å². The summed E-state index contributed by atoms with van der Waals surface area (Å²) in [6, 6.07) is 13.9. The van der Waals surface area contributed by atoms with Crippen LogP contribution >= 0.6 is 0 Å². The van der Waals surface area contributed by atoms with Crippen LogP contribution in [0.15, 0.2) is 48.5 Å². The lowest BCUT2D eigenvalue weighted by atomic mass is 10.0. The van der Waals surface area contributed by atoms with E-state index >= 15 is 0 Å². The molecule has 0 saturated heterocycles. The van der Waals surface area contributed by atoms with Gasteiger partial charge in [0.1, 0.15) is 11.6 Å². The highest BCUT2D eigenvalue weighted by Crippen LogP contribution is 2.32. The van der Waals surface area contributed by atoms with Gasteiger partial charge in [0.15, 0.2) is 0 Å². The smallest absolute Gasteiger partial charge is 0.123 e. The molecule has 100 valence electrons. The molecule has 0 fully saturated rings. The third-order valence-corrected chi connectivity index (χ3v) is 3.34. The van der Waals surface area contributed by atoms with Crippen molar-refractivity contribution in [2.24, 2.45) is 0 Å². The highest BCUT2D eigenvalue weighted by atomic mass is 19.1. The molecule has 19 heavy (non-hydrogen) atoms. The lowest BCUT2D eigenvalue weighted by Gasteiger charge is -2.31. The molecule has 0 aliphatic rings. The van der Waals surface area contributed by atoms with Crippen LogP contribution in [0.4, 0.5) is 10.1 Å². The molecule has 2 rings (SSSR count). The number of halogens is 1. The third kappa shape index (κ3) is 2.87. The fourth-order valence-corrected chi connectivity index (χ4v) is 2.33. The molecule has 0 radical (unpaired) electrons. The largest absolute Gasteiger partial charge is 0.508 e. The van der Waals surface area contributed by atoms with Gasteiger partial charge in [-0.15, -0.1) is 0 Å². The molecule has 2 aromatic carbocycles. The number of hydrogen-bond donors (Lipinski definition) is 1. The summed E-state index contributed by atoms with van der Waals surface area (Å²) >= 11 is 0. The fraction of sp³-hybridized carbons (Fsp3) is 0.250. The van der Waals surface area contributed by atoms with Crippen LogP contribution < -0.4 is 4.90 Å². The predicted octanol–water partition coefficient (Wildman–Crippen LogP) is 4.12. The van der Waals surface area contributed by atoms with Gasteiger partial charge in [-0.2, -0.15) is 0 Å². The minimum atomic E-state index is -0.330. The lowest BCUT2D eigenvalue weighted by Crippen LogP contribution is -2.26. The number of nitrogens with zero attached hydrogens (tertiary/aromatic N) is 1. The molecule has 1 atom stereocenters. The minimum absolute atomic E-state index is 0.0944. The maximum Gasteiger partial charge on any atom is 0.123 e. The zero-order valence-electron chi connectivity index (χ0n) is 11.2. The second-order valence-electron chi connectivity index (χ2n) is 4.50. The number of para-hydroxylation sites is 1. The van der Waals surface area contributed by atoms with Crippen LogP contribution in [-0.2, 0) is 0 Å². The molecule has 0 bridgehead atoms. The first-order chi connectivity index (χ1) is 9.13. The molecule has 0 amide bonds. The van der Waals surface area contributed by atoms with Gasteiger partial charge in [-0.25, -0.2) is 4.39 Å². The number of phenols is 1. The first-order valence-corrected chi connectivity index (χ1v) is 6.43. The number of rotatable bonds is 4. The molecular weight excluding hydrogens is 241 g/mol. The Morgan fingerprint density at radius 1 is 1.16 bits per heavy atom. The molecule has 0 aliphatic carbocycles. The summed E-state index contributed by atoms with van der Waals surface area (Å²) in [7, 11) is 0. The van der Waals surface area contributed by atoms with E-state index in [0.717, 1.165) is 12.2 Å². The number of aromatic hydroxyl groups is 1. The van der Waals surface area contributed by atoms with Crippen molar-refractivity contribution in [1.29, 1.82) is 0 Å². The summed E-state index contributed by atoms with van der Waals surface area (Å²) in [6.45, 7) is 4.78. The van der Waals surface area contributed by atoms with E-state index in [4.69, 9.17) is 0 Å². The van der Waals surface area contributed by atoms with Gasteiger partial charge in [-0.05, 0) is 44.2 Å². The van der Waals surface area contributed by atoms with E-state index in [-0.39, 0.29) is 17.6 Å². The van der Waals surface area contributed by atoms with Crippen LogP contribution in [0.2, 0.25) is 0 Å². The quantitative estimate of drug-likeness (QED) is 0.892. The Kier molecular flexibility index (Phi) is 4.05. The van der Waals surface area contributed by atoms with Crippen molar-refractivity contribution in [1.82, 2.24) is 0 Å². The minimum Gasteiger partial charge on any atom is -0.508 e. The maximum absolute atomic E-state index is 13.3. The first-order valence-electron chi connectivity index (χ1n) is 6.43. The van der Waals surface area contributed by atoms with Crippen molar-refractivity contribution in [3.63, 3.8) is 0 Å². The van der Waals surface area contributed by atoms with Gasteiger partial charge in [-0.3, -0.25) is 0 Å². The van der Waals surface area contributed by atoms with E-state index in [1.54, 1.807) is 0 Å². The Hall–Kier alpha value is -2.03. The fourth-order valence-electron chi connectivity index (χ4n) is 2.33. The molecule has 2 aromatic rings. The second kappa shape index (κ2) is 5.74. The van der Waals surface area contributed by atoms with Gasteiger partial charge in [0.05, 0.1) is 6.04 Å². The topological polar surface area (TPSA) is 23.5 Å². The number of phenolic OH excluding ortho intramolecular Hbond substituents is 1. The highest BCUT2D eigenvalue weighted by Gasteiger charge is 2.18. The Bertz CT molecular complexity index is 542. The van der Waals surface area contributed by atoms with Gasteiger partial charge in [0.25, 0.3) is 0 Å². The SMILES string of the molecule is CCN(c1ccccc1)C(C)c1cc(F)ccc1O. The van der Waals surface area contributed by atoms with Crippen LogP contribution in [-0.4, -0.2) is 11.7 Å². The summed E-state index contributed by atoms with van der Waals surface area (Å²) < 4.78 is 13.3. The van der Waals surface area contributed by atoms with Crippen LogP contribution in [0.1, 0.15) is 25.5 Å². The van der Waals surface area contributed by atoms with E-state index in [9.17, 15) is 9.50 Å². The van der Waals surface area contributed by atoms with Gasteiger partial charge in [-0.1, -0.05) is 18.2 Å². The van der Waals surface area contributed by atoms with Crippen molar-refractivity contribution in [2.75, 3.05) is 11.4 Å². The Morgan fingerprint density at radius 3 is 2.47 bits per heavy atom. The average Bonchev–Trinajstić information content (AvgIpc) is 2.43. The molecule has 1 unspecified atom stereocenters. The van der Waals surface area contributed by atoms with Gasteiger partial charge >= 0.3 is 0 Å². The molecule has 0 aromatic heterocycles. The molecule has 1 N–H and O–H groups in total. The summed E-state index contributed by atoms with van der Waals surface area (Å²) in [5, 5.41) is 9.90. The van der Waals surface area contributed by atoms with Crippen LogP contribution in [0.5, 0.6) is 5.75 Å². The first kappa shape index (κ1) is 13.4. The molecule has 0 spiro atoms. The molecule has 3 heteroatoms. The van der Waals surface area contributed by atoms with E-state index in [0.29, 0.717) is 5.56 Å². The number of benzene rings is 2. The van der Waals surface area contributed by atoms with E-state index in [2.05, 4.69) is 4.90 Å². The van der Waals surface area contributed by atoms with Crippen molar-refractivity contribution < 1.29 is 9.50 Å². The van der Waals surface area contributed by atoms with Gasteiger partial charge in [0, 0.05) is 17.8 Å². The second-order valence-corrected chi connectivity index (χ2v) is 4.50. The molecule has 2 nitrogen and oxygen atoms in total. The lowest BCUT2D eigenvalue weighted by molar-refractivity contribution is 0.458. The summed E-state index contributed by atoms with van der Waals surface area (Å²) in [4.78, 5) is 2.12. The summed E-state index contributed by atoms with van der Waals surface area (Å²) in [5.74, 6) is -0.202. The number of hydrogen-bond acceptors (Lipinski definition) is 2. The average molecular weight is 259 g/mol. The molecular formula is C16H18FNO. The summed E-state index contributed by atoms with van der Waals surface area (Å²) in [5.41, 5.74) is 1.66. The van der Waals surface area contributed by atoms with Crippen molar-refractivity contribution >= 4 is 5.69 Å². The zero-order valence-corrected chi connectivity index (χ0v) is 11.2. The number of anilines is 1. The van der Waals surface area contributed by atoms with Crippen molar-refractivity contribution in [3.8, 4) is 5.75 Å². The Balaban J connectivity index is 2.36. The van der Waals surface area contributed by atoms with Crippen molar-refractivity contribution in [2.45, 2.75) is 19.9 Å². The van der Waals surface area contributed by atoms with Crippen LogP contribution in [0.25, 0.3) is 0 Å². The maximum atomic E-state index is 13.3. The van der Waals surface area contributed by atoms with Gasteiger partial charge < -0.3 is 10.0 Å². The van der Waals surface area contributed by atoms with Crippen LogP contribution in [0.3, 0.4) is 0 Å². The zero-order chi connectivity index (χ0) is 13.8. The Labute approximate surface area is 113 Å².